The Kier molecular flexibility index (Phi) is 5.78. The monoisotopic (exact) mass is 384 g/mol. The number of rotatable bonds is 6. The second-order valence-corrected chi connectivity index (χ2v) is 6.44. The van der Waals surface area contributed by atoms with Gasteiger partial charge in [0, 0.05) is 29.5 Å². The van der Waals surface area contributed by atoms with Crippen molar-refractivity contribution in [2.45, 2.75) is 12.8 Å². The second-order valence-electron chi connectivity index (χ2n) is 6.44. The molecule has 1 aromatic carbocycles. The molecule has 1 aliphatic rings. The molecule has 0 saturated heterocycles. The first kappa shape index (κ1) is 19.6. The molecule has 148 valence electrons. The van der Waals surface area contributed by atoms with E-state index in [9.17, 15) is 4.79 Å². The van der Waals surface area contributed by atoms with Gasteiger partial charge in [-0.1, -0.05) is 13.0 Å². The van der Waals surface area contributed by atoms with Crippen LogP contribution >= 0.6 is 0 Å². The van der Waals surface area contributed by atoms with Gasteiger partial charge in [-0.25, -0.2) is 0 Å². The van der Waals surface area contributed by atoms with E-state index in [0.717, 1.165) is 5.56 Å². The van der Waals surface area contributed by atoms with E-state index in [1.54, 1.807) is 40.6 Å². The zero-order valence-corrected chi connectivity index (χ0v) is 16.6. The van der Waals surface area contributed by atoms with E-state index in [4.69, 9.17) is 23.4 Å². The summed E-state index contributed by atoms with van der Waals surface area (Å²) in [5, 5.41) is 0. The normalized spacial score (nSPS) is 18.8. The molecule has 0 saturated carbocycles. The Balaban J connectivity index is 2.03. The van der Waals surface area contributed by atoms with Crippen LogP contribution in [-0.4, -0.2) is 28.4 Å². The highest BCUT2D eigenvalue weighted by atomic mass is 16.5. The Hall–Kier alpha value is -3.15. The van der Waals surface area contributed by atoms with E-state index in [1.807, 2.05) is 25.1 Å². The molecule has 6 nitrogen and oxygen atoms in total. The molecule has 0 spiro atoms. The van der Waals surface area contributed by atoms with E-state index in [0.29, 0.717) is 34.5 Å². The van der Waals surface area contributed by atoms with Gasteiger partial charge in [-0.05, 0) is 24.3 Å². The molecule has 2 unspecified atom stereocenters. The van der Waals surface area contributed by atoms with Gasteiger partial charge in [0.25, 0.3) is 0 Å². The molecule has 0 amide bonds. The van der Waals surface area contributed by atoms with Gasteiger partial charge in [-0.15, -0.1) is 0 Å². The summed E-state index contributed by atoms with van der Waals surface area (Å²) in [7, 11) is 6.35. The molecular formula is C22H24O6. The predicted octanol–water partition coefficient (Wildman–Crippen LogP) is 4.12. The minimum absolute atomic E-state index is 0.0475. The lowest BCUT2D eigenvalue weighted by molar-refractivity contribution is 0.187. The highest BCUT2D eigenvalue weighted by molar-refractivity contribution is 5.62. The molecule has 2 aromatic rings. The van der Waals surface area contributed by atoms with Crippen LogP contribution in [0.4, 0.5) is 0 Å². The molecule has 6 heteroatoms. The van der Waals surface area contributed by atoms with Crippen molar-refractivity contribution in [2.24, 2.45) is 5.92 Å². The van der Waals surface area contributed by atoms with E-state index < -0.39 is 0 Å². The number of hydrogen-bond donors (Lipinski definition) is 0. The van der Waals surface area contributed by atoms with Crippen LogP contribution in [0.15, 0.2) is 63.2 Å². The van der Waals surface area contributed by atoms with Crippen LogP contribution in [0.25, 0.3) is 11.3 Å². The minimum Gasteiger partial charge on any atom is -0.497 e. The van der Waals surface area contributed by atoms with Gasteiger partial charge in [0.15, 0.2) is 22.7 Å². The number of hydrogen-bond acceptors (Lipinski definition) is 6. The zero-order chi connectivity index (χ0) is 20.3. The highest BCUT2D eigenvalue weighted by Gasteiger charge is 2.30. The molecule has 0 N–H and O–H groups in total. The van der Waals surface area contributed by atoms with Crippen molar-refractivity contribution in [1.29, 1.82) is 0 Å². The van der Waals surface area contributed by atoms with Gasteiger partial charge < -0.3 is 23.4 Å². The largest absolute Gasteiger partial charge is 0.497 e. The van der Waals surface area contributed by atoms with Gasteiger partial charge in [-0.3, -0.25) is 4.79 Å². The van der Waals surface area contributed by atoms with Crippen molar-refractivity contribution in [3.8, 4) is 22.8 Å². The summed E-state index contributed by atoms with van der Waals surface area (Å²) < 4.78 is 27.6. The molecule has 1 heterocycles. The number of methoxy groups -OCH3 is 4. The quantitative estimate of drug-likeness (QED) is 0.746. The van der Waals surface area contributed by atoms with Crippen molar-refractivity contribution in [3.05, 3.63) is 70.0 Å². The van der Waals surface area contributed by atoms with Gasteiger partial charge in [0.2, 0.25) is 0 Å². The van der Waals surface area contributed by atoms with Crippen LogP contribution in [-0.2, 0) is 9.47 Å². The average molecular weight is 384 g/mol. The fourth-order valence-corrected chi connectivity index (χ4v) is 3.42. The minimum atomic E-state index is -0.151. The van der Waals surface area contributed by atoms with Gasteiger partial charge >= 0.3 is 0 Å². The molecular weight excluding hydrogens is 360 g/mol. The average Bonchev–Trinajstić information content (AvgIpc) is 2.72. The summed E-state index contributed by atoms with van der Waals surface area (Å²) in [6.07, 6.45) is 3.80. The standard InChI is InChI=1S/C22H24O6/c1-13-16(7-9-18(25-3)22(13)27-5)20-12-15(23)11-19(28-20)14-6-8-17(24-2)21(10-14)26-4/h6-13,16H,1-5H3. The molecule has 1 aliphatic carbocycles. The third-order valence-corrected chi connectivity index (χ3v) is 4.87. The van der Waals surface area contributed by atoms with Crippen LogP contribution < -0.4 is 14.9 Å². The van der Waals surface area contributed by atoms with Crippen molar-refractivity contribution < 1.29 is 23.4 Å². The summed E-state index contributed by atoms with van der Waals surface area (Å²) in [5.41, 5.74) is 0.594. The lowest BCUT2D eigenvalue weighted by Crippen LogP contribution is -2.18. The maximum absolute atomic E-state index is 12.4. The summed E-state index contributed by atoms with van der Waals surface area (Å²) in [6, 6.07) is 8.37. The summed E-state index contributed by atoms with van der Waals surface area (Å²) >= 11 is 0. The molecule has 0 radical (unpaired) electrons. The molecule has 0 fully saturated rings. The Morgan fingerprint density at radius 2 is 1.64 bits per heavy atom. The summed E-state index contributed by atoms with van der Waals surface area (Å²) in [6.45, 7) is 2.01. The highest BCUT2D eigenvalue weighted by Crippen LogP contribution is 2.38. The van der Waals surface area contributed by atoms with Crippen LogP contribution in [0.3, 0.4) is 0 Å². The Bertz CT molecular complexity index is 969. The third-order valence-electron chi connectivity index (χ3n) is 4.87. The maximum Gasteiger partial charge on any atom is 0.185 e. The van der Waals surface area contributed by atoms with E-state index in [2.05, 4.69) is 0 Å². The van der Waals surface area contributed by atoms with Crippen LogP contribution in [0.5, 0.6) is 11.5 Å². The predicted molar refractivity (Wildman–Crippen MR) is 106 cm³/mol. The third kappa shape index (κ3) is 3.63. The van der Waals surface area contributed by atoms with E-state index in [-0.39, 0.29) is 17.3 Å². The lowest BCUT2D eigenvalue weighted by Gasteiger charge is -2.27. The zero-order valence-electron chi connectivity index (χ0n) is 16.6. The van der Waals surface area contributed by atoms with Crippen molar-refractivity contribution in [2.75, 3.05) is 28.4 Å². The number of ether oxygens (including phenoxy) is 4. The second kappa shape index (κ2) is 8.25. The smallest absolute Gasteiger partial charge is 0.185 e. The first-order valence-electron chi connectivity index (χ1n) is 8.90. The lowest BCUT2D eigenvalue weighted by atomic mass is 9.85. The SMILES string of the molecule is COC1=C(OC)C(C)C(c2cc(=O)cc(-c3ccc(OC)c(OC)c3)o2)C=C1. The molecule has 3 rings (SSSR count). The summed E-state index contributed by atoms with van der Waals surface area (Å²) in [5.74, 6) is 3.38. The number of benzene rings is 1. The van der Waals surface area contributed by atoms with Crippen LogP contribution in [0.2, 0.25) is 0 Å². The van der Waals surface area contributed by atoms with Gasteiger partial charge in [0.1, 0.15) is 17.3 Å². The fourth-order valence-electron chi connectivity index (χ4n) is 3.42. The first-order chi connectivity index (χ1) is 13.5. The van der Waals surface area contributed by atoms with Crippen LogP contribution in [0.1, 0.15) is 18.6 Å². The number of allylic oxidation sites excluding steroid dienone is 3. The molecule has 28 heavy (non-hydrogen) atoms. The maximum atomic E-state index is 12.4. The Labute approximate surface area is 164 Å². The molecule has 0 aliphatic heterocycles. The van der Waals surface area contributed by atoms with E-state index in [1.165, 1.54) is 12.1 Å². The van der Waals surface area contributed by atoms with Crippen LogP contribution in [0, 0.1) is 5.92 Å². The summed E-state index contributed by atoms with van der Waals surface area (Å²) in [4.78, 5) is 12.4. The Morgan fingerprint density at radius 3 is 2.29 bits per heavy atom. The first-order valence-corrected chi connectivity index (χ1v) is 8.90. The van der Waals surface area contributed by atoms with Gasteiger partial charge in [-0.2, -0.15) is 0 Å². The Morgan fingerprint density at radius 1 is 0.893 bits per heavy atom. The topological polar surface area (TPSA) is 67.1 Å². The van der Waals surface area contributed by atoms with Crippen molar-refractivity contribution in [1.82, 2.24) is 0 Å². The van der Waals surface area contributed by atoms with Crippen molar-refractivity contribution in [3.63, 3.8) is 0 Å². The van der Waals surface area contributed by atoms with Gasteiger partial charge in [0.05, 0.1) is 28.4 Å². The molecule has 0 bridgehead atoms. The molecule has 1 aromatic heterocycles. The van der Waals surface area contributed by atoms with Crippen molar-refractivity contribution >= 4 is 0 Å². The fraction of sp³-hybridized carbons (Fsp3) is 0.318. The molecule has 2 atom stereocenters. The van der Waals surface area contributed by atoms with E-state index >= 15 is 0 Å².